The Morgan fingerprint density at radius 3 is 2.29 bits per heavy atom. The van der Waals surface area contributed by atoms with Crippen molar-refractivity contribution < 1.29 is 27.6 Å². The molecule has 0 unspecified atom stereocenters. The zero-order valence-electron chi connectivity index (χ0n) is 12.7. The topological polar surface area (TPSA) is 66.5 Å². The molecule has 128 valence electrons. The number of carbonyl (C=O) groups is 3. The molecule has 1 N–H and O–H groups in total. The van der Waals surface area contributed by atoms with Crippen molar-refractivity contribution in [3.05, 3.63) is 29.3 Å². The van der Waals surface area contributed by atoms with Gasteiger partial charge in [0.1, 0.15) is 0 Å². The monoisotopic (exact) mass is 340 g/mol. The molecule has 3 rings (SSSR count). The fraction of sp³-hybridized carbons (Fsp3) is 0.438. The molecular weight excluding hydrogens is 325 g/mol. The third-order valence-electron chi connectivity index (χ3n) is 4.37. The molecule has 3 amide bonds. The lowest BCUT2D eigenvalue weighted by atomic mass is 9.94. The maximum Gasteiger partial charge on any atom is 0.471 e. The third kappa shape index (κ3) is 2.88. The second-order valence-electron chi connectivity index (χ2n) is 5.98. The summed E-state index contributed by atoms with van der Waals surface area (Å²) in [5.41, 5.74) is 0.0313. The van der Waals surface area contributed by atoms with Gasteiger partial charge in [-0.05, 0) is 31.0 Å². The van der Waals surface area contributed by atoms with E-state index in [1.807, 2.05) is 0 Å². The van der Waals surface area contributed by atoms with Gasteiger partial charge in [-0.3, -0.25) is 19.3 Å². The lowest BCUT2D eigenvalue weighted by Crippen LogP contribution is -2.40. The van der Waals surface area contributed by atoms with Crippen LogP contribution in [0.3, 0.4) is 0 Å². The average Bonchev–Trinajstić information content (AvgIpc) is 2.78. The van der Waals surface area contributed by atoms with Crippen molar-refractivity contribution in [1.82, 2.24) is 4.90 Å². The van der Waals surface area contributed by atoms with E-state index < -0.39 is 23.9 Å². The van der Waals surface area contributed by atoms with Gasteiger partial charge in [-0.15, -0.1) is 0 Å². The number of hydrogen-bond acceptors (Lipinski definition) is 3. The van der Waals surface area contributed by atoms with Gasteiger partial charge >= 0.3 is 12.1 Å². The van der Waals surface area contributed by atoms with E-state index in [9.17, 15) is 27.6 Å². The Hall–Kier alpha value is -2.38. The Bertz CT molecular complexity index is 709. The summed E-state index contributed by atoms with van der Waals surface area (Å²) in [6, 6.07) is 3.43. The molecule has 1 aromatic rings. The molecule has 0 saturated heterocycles. The molecule has 1 aromatic carbocycles. The molecule has 2 aliphatic rings. The normalized spacial score (nSPS) is 18.7. The number of carbonyl (C=O) groups excluding carboxylic acids is 3. The average molecular weight is 340 g/mol. The van der Waals surface area contributed by atoms with E-state index in [4.69, 9.17) is 0 Å². The van der Waals surface area contributed by atoms with E-state index >= 15 is 0 Å². The van der Waals surface area contributed by atoms with Gasteiger partial charge in [0.15, 0.2) is 0 Å². The van der Waals surface area contributed by atoms with Crippen LogP contribution in [0.5, 0.6) is 0 Å². The van der Waals surface area contributed by atoms with Crippen LogP contribution in [-0.4, -0.2) is 34.8 Å². The summed E-state index contributed by atoms with van der Waals surface area (Å²) >= 11 is 0. The van der Waals surface area contributed by atoms with Crippen molar-refractivity contribution in [3.63, 3.8) is 0 Å². The number of amides is 3. The first-order valence-electron chi connectivity index (χ1n) is 7.69. The zero-order valence-corrected chi connectivity index (χ0v) is 12.7. The Kier molecular flexibility index (Phi) is 4.06. The standard InChI is InChI=1S/C16H15F3N2O3/c17-16(18,19)15(24)20-9-6-7-11-12(8-9)14(23)21(13(11)22)10-4-2-1-3-5-10/h6-8,10H,1-5H2,(H,20,24). The predicted molar refractivity (Wildman–Crippen MR) is 78.5 cm³/mol. The highest BCUT2D eigenvalue weighted by atomic mass is 19.4. The van der Waals surface area contributed by atoms with Crippen LogP contribution in [0.15, 0.2) is 18.2 Å². The van der Waals surface area contributed by atoms with Gasteiger partial charge in [0.05, 0.1) is 11.1 Å². The Labute approximate surface area is 135 Å². The lowest BCUT2D eigenvalue weighted by Gasteiger charge is -2.29. The molecule has 1 heterocycles. The number of hydrogen-bond donors (Lipinski definition) is 1. The smallest absolute Gasteiger partial charge is 0.318 e. The minimum atomic E-state index is -5.02. The number of benzene rings is 1. The molecule has 0 atom stereocenters. The van der Waals surface area contributed by atoms with Crippen LogP contribution in [0.25, 0.3) is 0 Å². The van der Waals surface area contributed by atoms with Gasteiger partial charge in [-0.25, -0.2) is 0 Å². The molecule has 0 bridgehead atoms. The van der Waals surface area contributed by atoms with Gasteiger partial charge in [-0.1, -0.05) is 19.3 Å². The number of halogens is 3. The maximum atomic E-state index is 12.5. The summed E-state index contributed by atoms with van der Waals surface area (Å²) in [5, 5.41) is 1.70. The first-order chi connectivity index (χ1) is 11.3. The molecule has 0 radical (unpaired) electrons. The number of anilines is 1. The zero-order chi connectivity index (χ0) is 17.5. The van der Waals surface area contributed by atoms with Crippen LogP contribution in [0.1, 0.15) is 52.8 Å². The van der Waals surface area contributed by atoms with E-state index in [-0.39, 0.29) is 22.9 Å². The number of fused-ring (bicyclic) bond motifs is 1. The minimum Gasteiger partial charge on any atom is -0.318 e. The maximum absolute atomic E-state index is 12.5. The molecule has 0 aromatic heterocycles. The van der Waals surface area contributed by atoms with E-state index in [2.05, 4.69) is 0 Å². The van der Waals surface area contributed by atoms with Crippen molar-refractivity contribution >= 4 is 23.4 Å². The summed E-state index contributed by atoms with van der Waals surface area (Å²) in [7, 11) is 0. The summed E-state index contributed by atoms with van der Waals surface area (Å²) in [6.45, 7) is 0. The highest BCUT2D eigenvalue weighted by Crippen LogP contribution is 2.32. The summed E-state index contributed by atoms with van der Waals surface area (Å²) in [5.74, 6) is -3.05. The summed E-state index contributed by atoms with van der Waals surface area (Å²) in [6.07, 6.45) is -0.609. The number of nitrogens with zero attached hydrogens (tertiary/aromatic N) is 1. The first-order valence-corrected chi connectivity index (χ1v) is 7.69. The van der Waals surface area contributed by atoms with Crippen molar-refractivity contribution in [1.29, 1.82) is 0 Å². The van der Waals surface area contributed by atoms with E-state index in [0.29, 0.717) is 0 Å². The molecule has 1 aliphatic carbocycles. The third-order valence-corrected chi connectivity index (χ3v) is 4.37. The second kappa shape index (κ2) is 5.92. The van der Waals surface area contributed by atoms with Crippen molar-refractivity contribution in [3.8, 4) is 0 Å². The van der Waals surface area contributed by atoms with Gasteiger partial charge in [-0.2, -0.15) is 13.2 Å². The largest absolute Gasteiger partial charge is 0.471 e. The van der Waals surface area contributed by atoms with Crippen LogP contribution in [-0.2, 0) is 4.79 Å². The van der Waals surface area contributed by atoms with Crippen molar-refractivity contribution in [2.24, 2.45) is 0 Å². The molecular formula is C16H15F3N2O3. The van der Waals surface area contributed by atoms with Crippen LogP contribution in [0, 0.1) is 0 Å². The van der Waals surface area contributed by atoms with Crippen molar-refractivity contribution in [2.75, 3.05) is 5.32 Å². The quantitative estimate of drug-likeness (QED) is 0.841. The fourth-order valence-corrected chi connectivity index (χ4v) is 3.21. The highest BCUT2D eigenvalue weighted by Gasteiger charge is 2.41. The SMILES string of the molecule is O=C1c2ccc(NC(=O)C(F)(F)F)cc2C(=O)N1C1CCCCC1. The summed E-state index contributed by atoms with van der Waals surface area (Å²) < 4.78 is 36.9. The van der Waals surface area contributed by atoms with Gasteiger partial charge < -0.3 is 5.32 Å². The molecule has 1 fully saturated rings. The van der Waals surface area contributed by atoms with E-state index in [0.717, 1.165) is 38.2 Å². The Morgan fingerprint density at radius 1 is 1.04 bits per heavy atom. The highest BCUT2D eigenvalue weighted by molar-refractivity contribution is 6.22. The lowest BCUT2D eigenvalue weighted by molar-refractivity contribution is -0.167. The molecule has 1 aliphatic heterocycles. The van der Waals surface area contributed by atoms with Crippen LogP contribution >= 0.6 is 0 Å². The van der Waals surface area contributed by atoms with Crippen LogP contribution in [0.4, 0.5) is 18.9 Å². The van der Waals surface area contributed by atoms with Gasteiger partial charge in [0.25, 0.3) is 11.8 Å². The predicted octanol–water partition coefficient (Wildman–Crippen LogP) is 3.12. The van der Waals surface area contributed by atoms with Gasteiger partial charge in [0, 0.05) is 11.7 Å². The van der Waals surface area contributed by atoms with Gasteiger partial charge in [0.2, 0.25) is 0 Å². The number of nitrogens with one attached hydrogen (secondary N) is 1. The Morgan fingerprint density at radius 2 is 1.67 bits per heavy atom. The van der Waals surface area contributed by atoms with E-state index in [1.165, 1.54) is 17.0 Å². The second-order valence-corrected chi connectivity index (χ2v) is 5.98. The first kappa shape index (κ1) is 16.5. The molecule has 8 heteroatoms. The number of rotatable bonds is 2. The molecule has 0 spiro atoms. The molecule has 24 heavy (non-hydrogen) atoms. The fourth-order valence-electron chi connectivity index (χ4n) is 3.21. The molecule has 5 nitrogen and oxygen atoms in total. The Balaban J connectivity index is 1.85. The van der Waals surface area contributed by atoms with Crippen LogP contribution < -0.4 is 5.32 Å². The number of alkyl halides is 3. The summed E-state index contributed by atoms with van der Waals surface area (Å²) in [4.78, 5) is 37.1. The van der Waals surface area contributed by atoms with E-state index in [1.54, 1.807) is 5.32 Å². The van der Waals surface area contributed by atoms with Crippen LogP contribution in [0.2, 0.25) is 0 Å². The molecule has 1 saturated carbocycles. The minimum absolute atomic E-state index is 0.0329. The van der Waals surface area contributed by atoms with Crippen molar-refractivity contribution in [2.45, 2.75) is 44.3 Å². The number of imide groups is 1.